The molecule has 8 heteroatoms. The Kier molecular flexibility index (Phi) is 5.05. The van der Waals surface area contributed by atoms with Crippen LogP contribution in [0.5, 0.6) is 17.2 Å². The van der Waals surface area contributed by atoms with E-state index in [1.165, 1.54) is 0 Å². The van der Waals surface area contributed by atoms with Crippen molar-refractivity contribution in [3.8, 4) is 17.2 Å². The number of nitrogens with two attached hydrogens (primary N) is 1. The van der Waals surface area contributed by atoms with Crippen LogP contribution in [0.25, 0.3) is 0 Å². The normalized spacial score (nSPS) is 14.6. The number of ether oxygens (including phenoxy) is 3. The minimum absolute atomic E-state index is 0.368. The van der Waals surface area contributed by atoms with Gasteiger partial charge in [0.05, 0.1) is 32.7 Å². The average molecular weight is 406 g/mol. The Morgan fingerprint density at radius 1 is 1.03 bits per heavy atom. The molecule has 0 saturated carbocycles. The molecule has 0 radical (unpaired) electrons. The number of pyridine rings is 1. The van der Waals surface area contributed by atoms with Crippen LogP contribution in [-0.4, -0.2) is 32.2 Å². The SMILES string of the molecule is COc1ccc(C2Nc3ccccc3N2c2cc(C(N)=O)ccn2)c(OC)c1OC. The fraction of sp³-hybridized carbons (Fsp3) is 0.182. The number of nitrogens with one attached hydrogen (secondary N) is 1. The molecule has 3 N–H and O–H groups in total. The molecule has 0 bridgehead atoms. The summed E-state index contributed by atoms with van der Waals surface area (Å²) in [6.45, 7) is 0. The largest absolute Gasteiger partial charge is 0.493 e. The number of para-hydroxylation sites is 2. The molecule has 1 unspecified atom stereocenters. The third-order valence-corrected chi connectivity index (χ3v) is 5.02. The zero-order valence-electron chi connectivity index (χ0n) is 16.9. The van der Waals surface area contributed by atoms with Crippen LogP contribution in [-0.2, 0) is 0 Å². The van der Waals surface area contributed by atoms with Gasteiger partial charge in [-0.3, -0.25) is 9.69 Å². The topological polar surface area (TPSA) is 98.9 Å². The Hall–Kier alpha value is -3.94. The number of anilines is 3. The van der Waals surface area contributed by atoms with Crippen LogP contribution < -0.4 is 30.2 Å². The number of methoxy groups -OCH3 is 3. The van der Waals surface area contributed by atoms with Crippen LogP contribution >= 0.6 is 0 Å². The summed E-state index contributed by atoms with van der Waals surface area (Å²) in [5, 5.41) is 3.50. The Labute approximate surface area is 174 Å². The van der Waals surface area contributed by atoms with Crippen LogP contribution in [0.15, 0.2) is 54.7 Å². The molecule has 0 fully saturated rings. The maximum absolute atomic E-state index is 11.7. The number of hydrogen-bond donors (Lipinski definition) is 2. The van der Waals surface area contributed by atoms with Gasteiger partial charge >= 0.3 is 0 Å². The van der Waals surface area contributed by atoms with Crippen molar-refractivity contribution >= 4 is 23.1 Å². The lowest BCUT2D eigenvalue weighted by Gasteiger charge is -2.28. The lowest BCUT2D eigenvalue weighted by Crippen LogP contribution is -2.25. The summed E-state index contributed by atoms with van der Waals surface area (Å²) in [6, 6.07) is 14.9. The molecule has 2 heterocycles. The van der Waals surface area contributed by atoms with Crippen molar-refractivity contribution in [2.24, 2.45) is 5.73 Å². The second-order valence-corrected chi connectivity index (χ2v) is 6.62. The molecule has 154 valence electrons. The summed E-state index contributed by atoms with van der Waals surface area (Å²) < 4.78 is 16.7. The fourth-order valence-corrected chi connectivity index (χ4v) is 3.67. The van der Waals surface area contributed by atoms with Crippen molar-refractivity contribution in [1.29, 1.82) is 0 Å². The molecule has 1 aliphatic heterocycles. The van der Waals surface area contributed by atoms with Crippen LogP contribution in [0, 0.1) is 0 Å². The van der Waals surface area contributed by atoms with Gasteiger partial charge in [-0.25, -0.2) is 4.98 Å². The van der Waals surface area contributed by atoms with E-state index in [1.807, 2.05) is 41.3 Å². The zero-order valence-corrected chi connectivity index (χ0v) is 16.9. The quantitative estimate of drug-likeness (QED) is 0.647. The second kappa shape index (κ2) is 7.82. The van der Waals surface area contributed by atoms with Crippen LogP contribution in [0.4, 0.5) is 17.2 Å². The molecule has 3 aromatic rings. The van der Waals surface area contributed by atoms with Gasteiger partial charge in [-0.2, -0.15) is 0 Å². The van der Waals surface area contributed by atoms with Crippen LogP contribution in [0.3, 0.4) is 0 Å². The molecule has 1 amide bonds. The summed E-state index contributed by atoms with van der Waals surface area (Å²) in [4.78, 5) is 18.2. The number of rotatable bonds is 6. The number of nitrogens with zero attached hydrogens (tertiary/aromatic N) is 2. The first-order valence-electron chi connectivity index (χ1n) is 9.28. The molecule has 2 aromatic carbocycles. The third kappa shape index (κ3) is 3.12. The molecule has 1 aromatic heterocycles. The summed E-state index contributed by atoms with van der Waals surface area (Å²) in [5.74, 6) is 1.66. The van der Waals surface area contributed by atoms with Gasteiger partial charge in [0.25, 0.3) is 0 Å². The van der Waals surface area contributed by atoms with Crippen molar-refractivity contribution < 1.29 is 19.0 Å². The van der Waals surface area contributed by atoms with E-state index in [-0.39, 0.29) is 6.17 Å². The van der Waals surface area contributed by atoms with E-state index in [0.29, 0.717) is 28.6 Å². The van der Waals surface area contributed by atoms with Gasteiger partial charge in [-0.05, 0) is 36.4 Å². The van der Waals surface area contributed by atoms with Gasteiger partial charge in [0.1, 0.15) is 12.0 Å². The number of benzene rings is 2. The highest BCUT2D eigenvalue weighted by Crippen LogP contribution is 2.50. The number of carbonyl (C=O) groups is 1. The maximum atomic E-state index is 11.7. The van der Waals surface area contributed by atoms with Crippen molar-refractivity contribution in [3.05, 3.63) is 65.9 Å². The highest BCUT2D eigenvalue weighted by molar-refractivity contribution is 5.94. The highest BCUT2D eigenvalue weighted by atomic mass is 16.5. The monoisotopic (exact) mass is 406 g/mol. The first kappa shape index (κ1) is 19.4. The van der Waals surface area contributed by atoms with E-state index in [0.717, 1.165) is 16.9 Å². The van der Waals surface area contributed by atoms with Crippen molar-refractivity contribution in [3.63, 3.8) is 0 Å². The maximum Gasteiger partial charge on any atom is 0.248 e. The third-order valence-electron chi connectivity index (χ3n) is 5.02. The summed E-state index contributed by atoms with van der Waals surface area (Å²) in [7, 11) is 4.72. The van der Waals surface area contributed by atoms with Gasteiger partial charge in [0, 0.05) is 17.3 Å². The van der Waals surface area contributed by atoms with Crippen LogP contribution in [0.2, 0.25) is 0 Å². The van der Waals surface area contributed by atoms with E-state index in [2.05, 4.69) is 10.3 Å². The van der Waals surface area contributed by atoms with Crippen molar-refractivity contribution in [2.75, 3.05) is 31.5 Å². The van der Waals surface area contributed by atoms with E-state index < -0.39 is 5.91 Å². The summed E-state index contributed by atoms with van der Waals surface area (Å²) in [5.41, 5.74) is 8.51. The number of primary amides is 1. The molecule has 8 nitrogen and oxygen atoms in total. The zero-order chi connectivity index (χ0) is 21.3. The molecule has 0 saturated heterocycles. The standard InChI is InChI=1S/C22H22N4O4/c1-28-17-9-8-14(19(29-2)20(17)30-3)22-25-15-6-4-5-7-16(15)26(22)18-12-13(21(23)27)10-11-24-18/h4-12,22,25H,1-3H3,(H2,23,27). The Bertz CT molecular complexity index is 1100. The van der Waals surface area contributed by atoms with E-state index >= 15 is 0 Å². The first-order chi connectivity index (χ1) is 14.6. The summed E-state index contributed by atoms with van der Waals surface area (Å²) in [6.07, 6.45) is 1.20. The fourth-order valence-electron chi connectivity index (χ4n) is 3.67. The van der Waals surface area contributed by atoms with Gasteiger partial charge < -0.3 is 25.3 Å². The summed E-state index contributed by atoms with van der Waals surface area (Å²) >= 11 is 0. The molecular weight excluding hydrogens is 384 g/mol. The average Bonchev–Trinajstić information content (AvgIpc) is 3.17. The lowest BCUT2D eigenvalue weighted by atomic mass is 10.1. The predicted molar refractivity (Wildman–Crippen MR) is 114 cm³/mol. The van der Waals surface area contributed by atoms with Gasteiger partial charge in [-0.15, -0.1) is 0 Å². The number of carbonyl (C=O) groups excluding carboxylic acids is 1. The molecule has 1 atom stereocenters. The molecule has 0 spiro atoms. The van der Waals surface area contributed by atoms with Gasteiger partial charge in [-0.1, -0.05) is 12.1 Å². The minimum Gasteiger partial charge on any atom is -0.493 e. The number of hydrogen-bond acceptors (Lipinski definition) is 7. The Morgan fingerprint density at radius 3 is 2.50 bits per heavy atom. The first-order valence-corrected chi connectivity index (χ1v) is 9.28. The van der Waals surface area contributed by atoms with Crippen LogP contribution in [0.1, 0.15) is 22.1 Å². The van der Waals surface area contributed by atoms with Crippen molar-refractivity contribution in [1.82, 2.24) is 4.98 Å². The van der Waals surface area contributed by atoms with Gasteiger partial charge in [0.15, 0.2) is 11.5 Å². The van der Waals surface area contributed by atoms with Gasteiger partial charge in [0.2, 0.25) is 11.7 Å². The van der Waals surface area contributed by atoms with Crippen molar-refractivity contribution in [2.45, 2.75) is 6.17 Å². The van der Waals surface area contributed by atoms with E-state index in [4.69, 9.17) is 19.9 Å². The number of aromatic nitrogens is 1. The molecule has 0 aliphatic carbocycles. The number of amides is 1. The predicted octanol–water partition coefficient (Wildman–Crippen LogP) is 3.47. The van der Waals surface area contributed by atoms with E-state index in [1.54, 1.807) is 39.7 Å². The molecule has 4 rings (SSSR count). The smallest absolute Gasteiger partial charge is 0.248 e. The Balaban J connectivity index is 1.90. The molecule has 1 aliphatic rings. The lowest BCUT2D eigenvalue weighted by molar-refractivity contribution is 0.1000. The van der Waals surface area contributed by atoms with E-state index in [9.17, 15) is 4.79 Å². The highest BCUT2D eigenvalue weighted by Gasteiger charge is 2.35. The molecular formula is C22H22N4O4. The minimum atomic E-state index is -0.515. The number of fused-ring (bicyclic) bond motifs is 1. The second-order valence-electron chi connectivity index (χ2n) is 6.62. The molecule has 30 heavy (non-hydrogen) atoms. The Morgan fingerprint density at radius 2 is 1.80 bits per heavy atom.